The average molecular weight is 453 g/mol. The van der Waals surface area contributed by atoms with Crippen LogP contribution in [0.25, 0.3) is 5.69 Å². The summed E-state index contributed by atoms with van der Waals surface area (Å²) in [5, 5.41) is 4.11. The molecule has 1 aliphatic heterocycles. The number of nitrogens with zero attached hydrogens (tertiary/aromatic N) is 3. The molecular weight excluding hydrogens is 435 g/mol. The maximum atomic E-state index is 13.8. The summed E-state index contributed by atoms with van der Waals surface area (Å²) < 4.78 is 21.3. The molecule has 1 saturated heterocycles. The number of nitrogens with one attached hydrogen (secondary N) is 1. The highest BCUT2D eigenvalue weighted by Crippen LogP contribution is 2.40. The minimum atomic E-state index is -0.450. The Bertz CT molecular complexity index is 1210. The lowest BCUT2D eigenvalue weighted by molar-refractivity contribution is 0.280. The normalized spacial score (nSPS) is 18.4. The van der Waals surface area contributed by atoms with E-state index in [4.69, 9.17) is 28.2 Å². The van der Waals surface area contributed by atoms with Gasteiger partial charge in [0.1, 0.15) is 11.6 Å². The Morgan fingerprint density at radius 2 is 2.03 bits per heavy atom. The standard InChI is InChI=1S/C23H18ClFN4OS/c24-17-13-15(8-9-18(17)25)28-11-3-7-20(28)22-21(19-6-1-2-10-26-19)27-23(31)29(22)14-16-5-4-12-30-16/h1-13,21-22H,14H2,(H,27,31)/t21-,22+/m0/s1. The Morgan fingerprint density at radius 1 is 1.13 bits per heavy atom. The molecular formula is C23H18ClFN4OS. The van der Waals surface area contributed by atoms with Crippen LogP contribution in [-0.2, 0) is 6.54 Å². The van der Waals surface area contributed by atoms with Gasteiger partial charge in [0.25, 0.3) is 0 Å². The molecule has 3 aromatic heterocycles. The molecule has 0 spiro atoms. The van der Waals surface area contributed by atoms with Crippen LogP contribution >= 0.6 is 23.8 Å². The zero-order valence-corrected chi connectivity index (χ0v) is 17.9. The Morgan fingerprint density at radius 3 is 2.77 bits per heavy atom. The monoisotopic (exact) mass is 452 g/mol. The van der Waals surface area contributed by atoms with Gasteiger partial charge in [-0.2, -0.15) is 0 Å². The highest BCUT2D eigenvalue weighted by atomic mass is 35.5. The van der Waals surface area contributed by atoms with Gasteiger partial charge in [0, 0.05) is 23.8 Å². The smallest absolute Gasteiger partial charge is 0.170 e. The van der Waals surface area contributed by atoms with Crippen LogP contribution < -0.4 is 5.32 Å². The zero-order chi connectivity index (χ0) is 21.4. The van der Waals surface area contributed by atoms with Gasteiger partial charge in [0.05, 0.1) is 35.6 Å². The van der Waals surface area contributed by atoms with E-state index in [1.165, 1.54) is 6.07 Å². The van der Waals surface area contributed by atoms with Gasteiger partial charge in [-0.05, 0) is 66.8 Å². The summed E-state index contributed by atoms with van der Waals surface area (Å²) in [5.74, 6) is 0.354. The number of benzene rings is 1. The van der Waals surface area contributed by atoms with E-state index in [0.29, 0.717) is 11.7 Å². The van der Waals surface area contributed by atoms with Gasteiger partial charge in [-0.3, -0.25) is 4.98 Å². The lowest BCUT2D eigenvalue weighted by Gasteiger charge is -2.28. The van der Waals surface area contributed by atoms with E-state index in [-0.39, 0.29) is 17.1 Å². The van der Waals surface area contributed by atoms with Gasteiger partial charge in [-0.25, -0.2) is 4.39 Å². The second kappa shape index (κ2) is 8.17. The van der Waals surface area contributed by atoms with E-state index in [1.807, 2.05) is 53.2 Å². The predicted octanol–water partition coefficient (Wildman–Crippen LogP) is 5.43. The molecule has 4 aromatic rings. The summed E-state index contributed by atoms with van der Waals surface area (Å²) >= 11 is 11.8. The van der Waals surface area contributed by atoms with Crippen molar-refractivity contribution in [3.8, 4) is 5.69 Å². The van der Waals surface area contributed by atoms with Gasteiger partial charge in [-0.15, -0.1) is 0 Å². The summed E-state index contributed by atoms with van der Waals surface area (Å²) in [6, 6.07) is 17.9. The van der Waals surface area contributed by atoms with Crippen molar-refractivity contribution >= 4 is 28.9 Å². The summed E-state index contributed by atoms with van der Waals surface area (Å²) in [6.45, 7) is 0.502. The molecule has 1 N–H and O–H groups in total. The number of hydrogen-bond donors (Lipinski definition) is 1. The molecule has 8 heteroatoms. The van der Waals surface area contributed by atoms with E-state index in [9.17, 15) is 4.39 Å². The number of pyridine rings is 1. The summed E-state index contributed by atoms with van der Waals surface area (Å²) in [6.07, 6.45) is 5.35. The molecule has 1 aromatic carbocycles. The van der Waals surface area contributed by atoms with Crippen LogP contribution in [0.2, 0.25) is 5.02 Å². The topological polar surface area (TPSA) is 46.2 Å². The van der Waals surface area contributed by atoms with E-state index in [1.54, 1.807) is 24.6 Å². The third-order valence-corrected chi connectivity index (χ3v) is 6.01. The van der Waals surface area contributed by atoms with E-state index in [2.05, 4.69) is 15.2 Å². The molecule has 156 valence electrons. The molecule has 1 aliphatic rings. The van der Waals surface area contributed by atoms with Gasteiger partial charge in [0.2, 0.25) is 0 Å². The second-order valence-electron chi connectivity index (χ2n) is 7.24. The molecule has 5 rings (SSSR count). The Balaban J connectivity index is 1.61. The van der Waals surface area contributed by atoms with Crippen molar-refractivity contribution in [2.75, 3.05) is 0 Å². The molecule has 2 atom stereocenters. The first-order chi connectivity index (χ1) is 15.1. The number of furan rings is 1. The van der Waals surface area contributed by atoms with E-state index < -0.39 is 5.82 Å². The maximum Gasteiger partial charge on any atom is 0.170 e. The highest BCUT2D eigenvalue weighted by Gasteiger charge is 2.41. The van der Waals surface area contributed by atoms with E-state index >= 15 is 0 Å². The maximum absolute atomic E-state index is 13.8. The fourth-order valence-corrected chi connectivity index (χ4v) is 4.45. The van der Waals surface area contributed by atoms with Crippen molar-refractivity contribution in [3.05, 3.63) is 107 Å². The zero-order valence-electron chi connectivity index (χ0n) is 16.3. The molecule has 0 amide bonds. The Hall–Kier alpha value is -3.16. The van der Waals surface area contributed by atoms with Gasteiger partial charge >= 0.3 is 0 Å². The fraction of sp³-hybridized carbons (Fsp3) is 0.130. The molecule has 0 aliphatic carbocycles. The average Bonchev–Trinajstić information content (AvgIpc) is 3.52. The Labute approximate surface area is 189 Å². The molecule has 5 nitrogen and oxygen atoms in total. The summed E-state index contributed by atoms with van der Waals surface area (Å²) in [4.78, 5) is 6.65. The highest BCUT2D eigenvalue weighted by molar-refractivity contribution is 7.80. The molecule has 0 radical (unpaired) electrons. The molecule has 1 fully saturated rings. The summed E-state index contributed by atoms with van der Waals surface area (Å²) in [7, 11) is 0. The lowest BCUT2D eigenvalue weighted by atomic mass is 10.0. The lowest BCUT2D eigenvalue weighted by Crippen LogP contribution is -2.29. The quantitative estimate of drug-likeness (QED) is 0.409. The number of hydrogen-bond acceptors (Lipinski definition) is 3. The molecule has 0 saturated carbocycles. The predicted molar refractivity (Wildman–Crippen MR) is 120 cm³/mol. The third-order valence-electron chi connectivity index (χ3n) is 5.37. The Kier molecular flexibility index (Phi) is 5.21. The van der Waals surface area contributed by atoms with Gasteiger partial charge < -0.3 is 19.2 Å². The minimum Gasteiger partial charge on any atom is -0.467 e. The number of aromatic nitrogens is 2. The van der Waals surface area contributed by atoms with Crippen molar-refractivity contribution in [1.29, 1.82) is 0 Å². The van der Waals surface area contributed by atoms with Gasteiger partial charge in [0.15, 0.2) is 5.11 Å². The van der Waals surface area contributed by atoms with Gasteiger partial charge in [-0.1, -0.05) is 17.7 Å². The van der Waals surface area contributed by atoms with Crippen LogP contribution in [0.15, 0.2) is 83.7 Å². The minimum absolute atomic E-state index is 0.0749. The van der Waals surface area contributed by atoms with Crippen molar-refractivity contribution in [3.63, 3.8) is 0 Å². The second-order valence-corrected chi connectivity index (χ2v) is 8.03. The number of halogens is 2. The first-order valence-electron chi connectivity index (χ1n) is 9.75. The fourth-order valence-electron chi connectivity index (χ4n) is 3.97. The largest absolute Gasteiger partial charge is 0.467 e. The molecule has 31 heavy (non-hydrogen) atoms. The van der Waals surface area contributed by atoms with E-state index in [0.717, 1.165) is 22.8 Å². The van der Waals surface area contributed by atoms with Crippen LogP contribution in [0.1, 0.15) is 29.2 Å². The first kappa shape index (κ1) is 19.8. The molecule has 4 heterocycles. The number of rotatable bonds is 5. The van der Waals surface area contributed by atoms with Crippen LogP contribution in [0.3, 0.4) is 0 Å². The van der Waals surface area contributed by atoms with Crippen molar-refractivity contribution in [2.24, 2.45) is 0 Å². The first-order valence-corrected chi connectivity index (χ1v) is 10.5. The van der Waals surface area contributed by atoms with Crippen molar-refractivity contribution in [2.45, 2.75) is 18.6 Å². The third kappa shape index (κ3) is 3.71. The number of thiocarbonyl (C=S) groups is 1. The van der Waals surface area contributed by atoms with Crippen molar-refractivity contribution in [1.82, 2.24) is 19.8 Å². The molecule has 0 bridgehead atoms. The van der Waals surface area contributed by atoms with Crippen LogP contribution in [0, 0.1) is 5.82 Å². The van der Waals surface area contributed by atoms with Crippen LogP contribution in [0.4, 0.5) is 4.39 Å². The van der Waals surface area contributed by atoms with Crippen LogP contribution in [0.5, 0.6) is 0 Å². The SMILES string of the molecule is Fc1ccc(-n2cccc2[C@@H]2[C@H](c3ccccn3)NC(=S)N2Cc2ccco2)cc1Cl. The molecule has 0 unspecified atom stereocenters. The van der Waals surface area contributed by atoms with Crippen LogP contribution in [-0.4, -0.2) is 19.6 Å². The summed E-state index contributed by atoms with van der Waals surface area (Å²) in [5.41, 5.74) is 2.61. The van der Waals surface area contributed by atoms with Crippen molar-refractivity contribution < 1.29 is 8.81 Å².